The summed E-state index contributed by atoms with van der Waals surface area (Å²) in [5.41, 5.74) is 0. The Labute approximate surface area is 78.4 Å². The van der Waals surface area contributed by atoms with Gasteiger partial charge in [-0.2, -0.15) is 11.8 Å². The van der Waals surface area contributed by atoms with Crippen LogP contribution in [0, 0.1) is 5.92 Å². The highest BCUT2D eigenvalue weighted by Gasteiger charge is 2.25. The van der Waals surface area contributed by atoms with Crippen molar-refractivity contribution in [3.63, 3.8) is 0 Å². The van der Waals surface area contributed by atoms with Gasteiger partial charge in [0, 0.05) is 11.9 Å². The topological polar surface area (TPSA) is 40.5 Å². The molecule has 72 valence electrons. The van der Waals surface area contributed by atoms with Gasteiger partial charge in [-0.25, -0.2) is 0 Å². The largest absolute Gasteiger partial charge is 0.396 e. The van der Waals surface area contributed by atoms with Crippen LogP contribution >= 0.6 is 11.8 Å². The van der Waals surface area contributed by atoms with Crippen molar-refractivity contribution in [1.29, 1.82) is 0 Å². The number of aliphatic hydroxyl groups is 2. The fraction of sp³-hybridized carbons (Fsp3) is 1.00. The smallest absolute Gasteiger partial charge is 0.0658 e. The van der Waals surface area contributed by atoms with Crippen LogP contribution in [0.15, 0.2) is 0 Å². The zero-order chi connectivity index (χ0) is 8.97. The first-order valence-corrected chi connectivity index (χ1v) is 5.69. The number of rotatable bonds is 4. The Morgan fingerprint density at radius 2 is 2.25 bits per heavy atom. The molecule has 0 amide bonds. The predicted molar refractivity (Wildman–Crippen MR) is 52.4 cm³/mol. The molecule has 1 aliphatic rings. The van der Waals surface area contributed by atoms with E-state index in [-0.39, 0.29) is 12.7 Å². The van der Waals surface area contributed by atoms with Crippen LogP contribution in [-0.2, 0) is 0 Å². The second-order valence-electron chi connectivity index (χ2n) is 3.66. The highest BCUT2D eigenvalue weighted by molar-refractivity contribution is 7.99. The third kappa shape index (κ3) is 2.96. The van der Waals surface area contributed by atoms with Crippen molar-refractivity contribution in [2.75, 3.05) is 12.4 Å². The Hall–Kier alpha value is 0.270. The lowest BCUT2D eigenvalue weighted by Gasteiger charge is -2.15. The molecule has 3 heteroatoms. The van der Waals surface area contributed by atoms with Gasteiger partial charge in [0.25, 0.3) is 0 Å². The van der Waals surface area contributed by atoms with Crippen LogP contribution in [0.4, 0.5) is 0 Å². The average Bonchev–Trinajstić information content (AvgIpc) is 2.47. The lowest BCUT2D eigenvalue weighted by atomic mass is 10.2. The fourth-order valence-electron chi connectivity index (χ4n) is 1.44. The summed E-state index contributed by atoms with van der Waals surface area (Å²) in [5, 5.41) is 18.7. The maximum atomic E-state index is 9.49. The summed E-state index contributed by atoms with van der Waals surface area (Å²) in [5.74, 6) is 1.33. The third-order valence-electron chi connectivity index (χ3n) is 2.32. The average molecular weight is 190 g/mol. The van der Waals surface area contributed by atoms with Gasteiger partial charge in [0.15, 0.2) is 0 Å². The maximum Gasteiger partial charge on any atom is 0.0658 e. The van der Waals surface area contributed by atoms with Crippen LogP contribution in [0.2, 0.25) is 0 Å². The van der Waals surface area contributed by atoms with E-state index >= 15 is 0 Å². The molecule has 1 fully saturated rings. The van der Waals surface area contributed by atoms with Crippen LogP contribution in [0.25, 0.3) is 0 Å². The molecule has 1 aliphatic carbocycles. The maximum absolute atomic E-state index is 9.49. The summed E-state index contributed by atoms with van der Waals surface area (Å²) in [7, 11) is 0. The molecule has 3 unspecified atom stereocenters. The molecule has 0 bridgehead atoms. The second kappa shape index (κ2) is 5.10. The Morgan fingerprint density at radius 1 is 1.50 bits per heavy atom. The van der Waals surface area contributed by atoms with Gasteiger partial charge in [-0.1, -0.05) is 6.92 Å². The lowest BCUT2D eigenvalue weighted by Crippen LogP contribution is -2.17. The van der Waals surface area contributed by atoms with E-state index in [1.54, 1.807) is 0 Å². The van der Waals surface area contributed by atoms with E-state index in [9.17, 15) is 5.11 Å². The zero-order valence-corrected chi connectivity index (χ0v) is 8.39. The van der Waals surface area contributed by atoms with E-state index in [0.717, 1.165) is 25.0 Å². The number of aliphatic hydroxyl groups excluding tert-OH is 2. The van der Waals surface area contributed by atoms with Gasteiger partial charge in [-0.15, -0.1) is 0 Å². The molecule has 0 aromatic heterocycles. The van der Waals surface area contributed by atoms with Gasteiger partial charge in [0.05, 0.1) is 6.10 Å². The minimum atomic E-state index is -0.0964. The predicted octanol–water partition coefficient (Wildman–Crippen LogP) is 1.26. The van der Waals surface area contributed by atoms with E-state index in [2.05, 4.69) is 0 Å². The number of thioether (sulfide) groups is 1. The molecule has 2 N–H and O–H groups in total. The zero-order valence-electron chi connectivity index (χ0n) is 7.57. The molecule has 0 saturated heterocycles. The first kappa shape index (κ1) is 10.4. The number of hydrogen-bond donors (Lipinski definition) is 2. The van der Waals surface area contributed by atoms with Crippen molar-refractivity contribution in [1.82, 2.24) is 0 Å². The van der Waals surface area contributed by atoms with Crippen LogP contribution < -0.4 is 0 Å². The minimum absolute atomic E-state index is 0.0964. The standard InChI is InChI=1S/C9H18O2S/c1-7(5-10)6-12-9-4-2-3-8(9)11/h7-11H,2-6H2,1H3. The lowest BCUT2D eigenvalue weighted by molar-refractivity contribution is 0.187. The quantitative estimate of drug-likeness (QED) is 0.701. The summed E-state index contributed by atoms with van der Waals surface area (Å²) in [6.07, 6.45) is 3.17. The Morgan fingerprint density at radius 3 is 2.75 bits per heavy atom. The van der Waals surface area contributed by atoms with Crippen molar-refractivity contribution in [2.45, 2.75) is 37.5 Å². The molecule has 0 spiro atoms. The van der Waals surface area contributed by atoms with E-state index in [1.165, 1.54) is 0 Å². The van der Waals surface area contributed by atoms with E-state index in [1.807, 2.05) is 18.7 Å². The number of hydrogen-bond acceptors (Lipinski definition) is 3. The molecule has 12 heavy (non-hydrogen) atoms. The van der Waals surface area contributed by atoms with Crippen LogP contribution in [0.3, 0.4) is 0 Å². The van der Waals surface area contributed by atoms with Crippen molar-refractivity contribution in [3.05, 3.63) is 0 Å². The first-order valence-electron chi connectivity index (χ1n) is 4.64. The van der Waals surface area contributed by atoms with Crippen LogP contribution in [-0.4, -0.2) is 33.9 Å². The Bertz CT molecular complexity index is 130. The molecule has 2 nitrogen and oxygen atoms in total. The van der Waals surface area contributed by atoms with Crippen molar-refractivity contribution < 1.29 is 10.2 Å². The molecule has 0 heterocycles. The molecule has 3 atom stereocenters. The van der Waals surface area contributed by atoms with Gasteiger partial charge < -0.3 is 10.2 Å². The Kier molecular flexibility index (Phi) is 4.40. The molecule has 0 aliphatic heterocycles. The monoisotopic (exact) mass is 190 g/mol. The summed E-state index contributed by atoms with van der Waals surface area (Å²) in [6, 6.07) is 0. The normalized spacial score (nSPS) is 32.2. The Balaban J connectivity index is 2.13. The molecule has 1 rings (SSSR count). The van der Waals surface area contributed by atoms with Crippen molar-refractivity contribution in [3.8, 4) is 0 Å². The van der Waals surface area contributed by atoms with Crippen LogP contribution in [0.1, 0.15) is 26.2 Å². The van der Waals surface area contributed by atoms with Crippen molar-refractivity contribution >= 4 is 11.8 Å². The van der Waals surface area contributed by atoms with Gasteiger partial charge in [0.1, 0.15) is 0 Å². The van der Waals surface area contributed by atoms with E-state index in [4.69, 9.17) is 5.11 Å². The fourth-order valence-corrected chi connectivity index (χ4v) is 2.81. The summed E-state index contributed by atoms with van der Waals surface area (Å²) in [6.45, 7) is 2.30. The molecule has 0 aromatic carbocycles. The highest BCUT2D eigenvalue weighted by Crippen LogP contribution is 2.30. The molecule has 0 radical (unpaired) electrons. The molecular weight excluding hydrogens is 172 g/mol. The van der Waals surface area contributed by atoms with Crippen LogP contribution in [0.5, 0.6) is 0 Å². The van der Waals surface area contributed by atoms with Crippen molar-refractivity contribution in [2.24, 2.45) is 5.92 Å². The minimum Gasteiger partial charge on any atom is -0.396 e. The van der Waals surface area contributed by atoms with Gasteiger partial charge >= 0.3 is 0 Å². The molecule has 1 saturated carbocycles. The highest BCUT2D eigenvalue weighted by atomic mass is 32.2. The molecule has 0 aromatic rings. The SMILES string of the molecule is CC(CO)CSC1CCCC1O. The summed E-state index contributed by atoms with van der Waals surface area (Å²) in [4.78, 5) is 0. The van der Waals surface area contributed by atoms with E-state index < -0.39 is 0 Å². The van der Waals surface area contributed by atoms with Gasteiger partial charge in [-0.3, -0.25) is 0 Å². The summed E-state index contributed by atoms with van der Waals surface area (Å²) >= 11 is 1.81. The first-order chi connectivity index (χ1) is 5.74. The van der Waals surface area contributed by atoms with Gasteiger partial charge in [-0.05, 0) is 30.9 Å². The second-order valence-corrected chi connectivity index (χ2v) is 4.93. The third-order valence-corrected chi connectivity index (χ3v) is 4.06. The van der Waals surface area contributed by atoms with Gasteiger partial charge in [0.2, 0.25) is 0 Å². The molecular formula is C9H18O2S. The van der Waals surface area contributed by atoms with E-state index in [0.29, 0.717) is 11.2 Å². The summed E-state index contributed by atoms with van der Waals surface area (Å²) < 4.78 is 0.